The van der Waals surface area contributed by atoms with Crippen molar-refractivity contribution in [3.8, 4) is 5.75 Å². The molecule has 0 aliphatic heterocycles. The van der Waals surface area contributed by atoms with Crippen LogP contribution in [0.3, 0.4) is 0 Å². The largest absolute Gasteiger partial charge is 0.491 e. The van der Waals surface area contributed by atoms with Gasteiger partial charge in [0.1, 0.15) is 18.5 Å². The summed E-state index contributed by atoms with van der Waals surface area (Å²) in [6.07, 6.45) is -0.675. The monoisotopic (exact) mass is 254 g/mol. The number of halogens is 3. The van der Waals surface area contributed by atoms with E-state index in [9.17, 15) is 0 Å². The van der Waals surface area contributed by atoms with Crippen LogP contribution in [0, 0.1) is 0 Å². The highest BCUT2D eigenvalue weighted by atomic mass is 35.5. The minimum Gasteiger partial charge on any atom is -0.491 e. The molecule has 0 fully saturated rings. The van der Waals surface area contributed by atoms with Crippen molar-refractivity contribution >= 4 is 34.8 Å². The van der Waals surface area contributed by atoms with Crippen molar-refractivity contribution < 1.29 is 9.84 Å². The Morgan fingerprint density at radius 3 is 2.57 bits per heavy atom. The Labute approximate surface area is 97.3 Å². The van der Waals surface area contributed by atoms with Crippen LogP contribution in [0.4, 0.5) is 0 Å². The summed E-state index contributed by atoms with van der Waals surface area (Å²) in [6, 6.07) is 4.90. The summed E-state index contributed by atoms with van der Waals surface area (Å²) in [5, 5.41) is 10.0. The van der Waals surface area contributed by atoms with Crippen molar-refractivity contribution in [2.24, 2.45) is 0 Å². The van der Waals surface area contributed by atoms with E-state index in [1.54, 1.807) is 18.2 Å². The van der Waals surface area contributed by atoms with Gasteiger partial charge < -0.3 is 9.84 Å². The smallest absolute Gasteiger partial charge is 0.121 e. The van der Waals surface area contributed by atoms with Crippen LogP contribution in [0.5, 0.6) is 5.75 Å². The fourth-order valence-electron chi connectivity index (χ4n) is 0.804. The van der Waals surface area contributed by atoms with Crippen LogP contribution < -0.4 is 4.74 Å². The Kier molecular flexibility index (Phi) is 4.82. The van der Waals surface area contributed by atoms with Crippen LogP contribution in [0.25, 0.3) is 0 Å². The van der Waals surface area contributed by atoms with E-state index < -0.39 is 6.10 Å². The number of ether oxygens (including phenoxy) is 1. The van der Waals surface area contributed by atoms with Gasteiger partial charge in [-0.05, 0) is 12.1 Å². The molecule has 0 aromatic heterocycles. The Balaban J connectivity index is 2.55. The van der Waals surface area contributed by atoms with Gasteiger partial charge in [-0.3, -0.25) is 0 Å². The van der Waals surface area contributed by atoms with Gasteiger partial charge in [0.25, 0.3) is 0 Å². The molecule has 1 aromatic rings. The van der Waals surface area contributed by atoms with Gasteiger partial charge in [0.15, 0.2) is 0 Å². The van der Waals surface area contributed by atoms with E-state index >= 15 is 0 Å². The molecule has 1 aromatic carbocycles. The first-order valence-corrected chi connectivity index (χ1v) is 5.24. The molecule has 1 N–H and O–H groups in total. The van der Waals surface area contributed by atoms with E-state index in [0.29, 0.717) is 15.8 Å². The van der Waals surface area contributed by atoms with Gasteiger partial charge in [0.2, 0.25) is 0 Å². The van der Waals surface area contributed by atoms with E-state index in [-0.39, 0.29) is 12.5 Å². The molecule has 0 aliphatic rings. The Morgan fingerprint density at radius 2 is 2.00 bits per heavy atom. The quantitative estimate of drug-likeness (QED) is 0.838. The number of hydrogen-bond acceptors (Lipinski definition) is 2. The van der Waals surface area contributed by atoms with Gasteiger partial charge in [-0.25, -0.2) is 0 Å². The third kappa shape index (κ3) is 3.54. The SMILES string of the molecule is OC(CCl)COc1ccc(Cl)c(Cl)c1. The Hall–Kier alpha value is -0.150. The zero-order valence-electron chi connectivity index (χ0n) is 7.21. The maximum atomic E-state index is 9.13. The van der Waals surface area contributed by atoms with E-state index in [4.69, 9.17) is 44.6 Å². The summed E-state index contributed by atoms with van der Waals surface area (Å²) in [7, 11) is 0. The first kappa shape index (κ1) is 11.9. The lowest BCUT2D eigenvalue weighted by Gasteiger charge is -2.09. The minimum absolute atomic E-state index is 0.140. The highest BCUT2D eigenvalue weighted by molar-refractivity contribution is 6.42. The number of aliphatic hydroxyl groups excluding tert-OH is 1. The Bertz CT molecular complexity index is 304. The third-order valence-corrected chi connectivity index (χ3v) is 2.61. The van der Waals surface area contributed by atoms with Crippen molar-refractivity contribution in [1.82, 2.24) is 0 Å². The lowest BCUT2D eigenvalue weighted by atomic mass is 10.3. The molecule has 14 heavy (non-hydrogen) atoms. The van der Waals surface area contributed by atoms with Gasteiger partial charge in [0.05, 0.1) is 15.9 Å². The predicted octanol–water partition coefficient (Wildman–Crippen LogP) is 2.97. The average Bonchev–Trinajstić information content (AvgIpc) is 2.19. The zero-order valence-corrected chi connectivity index (χ0v) is 9.48. The van der Waals surface area contributed by atoms with E-state index in [1.807, 2.05) is 0 Å². The molecule has 78 valence electrons. The number of rotatable bonds is 4. The first-order valence-electron chi connectivity index (χ1n) is 3.95. The van der Waals surface area contributed by atoms with E-state index in [0.717, 1.165) is 0 Å². The van der Waals surface area contributed by atoms with Gasteiger partial charge in [-0.1, -0.05) is 23.2 Å². The fraction of sp³-hybridized carbons (Fsp3) is 0.333. The topological polar surface area (TPSA) is 29.5 Å². The number of benzene rings is 1. The second kappa shape index (κ2) is 5.66. The van der Waals surface area contributed by atoms with Gasteiger partial charge in [-0.2, -0.15) is 0 Å². The molecule has 0 bridgehead atoms. The maximum absolute atomic E-state index is 9.13. The van der Waals surface area contributed by atoms with Crippen molar-refractivity contribution in [3.63, 3.8) is 0 Å². The number of hydrogen-bond donors (Lipinski definition) is 1. The van der Waals surface area contributed by atoms with Crippen molar-refractivity contribution in [2.75, 3.05) is 12.5 Å². The van der Waals surface area contributed by atoms with Crippen LogP contribution in [0.2, 0.25) is 10.0 Å². The van der Waals surface area contributed by atoms with Crippen molar-refractivity contribution in [2.45, 2.75) is 6.10 Å². The standard InChI is InChI=1S/C9H9Cl3O2/c10-4-6(13)5-14-7-1-2-8(11)9(12)3-7/h1-3,6,13H,4-5H2. The second-order valence-electron chi connectivity index (χ2n) is 2.70. The lowest BCUT2D eigenvalue weighted by Crippen LogP contribution is -2.18. The third-order valence-electron chi connectivity index (χ3n) is 1.51. The fourth-order valence-corrected chi connectivity index (χ4v) is 1.18. The van der Waals surface area contributed by atoms with Gasteiger partial charge in [-0.15, -0.1) is 11.6 Å². The zero-order chi connectivity index (χ0) is 10.6. The van der Waals surface area contributed by atoms with Crippen LogP contribution >= 0.6 is 34.8 Å². The molecule has 1 atom stereocenters. The molecule has 0 heterocycles. The molecule has 2 nitrogen and oxygen atoms in total. The summed E-state index contributed by atoms with van der Waals surface area (Å²) >= 11 is 16.9. The molecule has 1 rings (SSSR count). The average molecular weight is 256 g/mol. The molecular weight excluding hydrogens is 246 g/mol. The molecule has 0 radical (unpaired) electrons. The molecule has 0 amide bonds. The molecule has 0 saturated carbocycles. The summed E-state index contributed by atoms with van der Waals surface area (Å²) < 4.78 is 5.22. The van der Waals surface area contributed by atoms with Crippen molar-refractivity contribution in [3.05, 3.63) is 28.2 Å². The van der Waals surface area contributed by atoms with Crippen LogP contribution in [0.15, 0.2) is 18.2 Å². The molecule has 1 unspecified atom stereocenters. The molecular formula is C9H9Cl3O2. The summed E-state index contributed by atoms with van der Waals surface area (Å²) in [5.74, 6) is 0.699. The highest BCUT2D eigenvalue weighted by Crippen LogP contribution is 2.26. The lowest BCUT2D eigenvalue weighted by molar-refractivity contribution is 0.125. The van der Waals surface area contributed by atoms with Crippen LogP contribution in [-0.4, -0.2) is 23.7 Å². The highest BCUT2D eigenvalue weighted by Gasteiger charge is 2.04. The van der Waals surface area contributed by atoms with E-state index in [2.05, 4.69) is 0 Å². The van der Waals surface area contributed by atoms with Crippen LogP contribution in [-0.2, 0) is 0 Å². The normalized spacial score (nSPS) is 12.6. The molecule has 5 heteroatoms. The summed E-state index contributed by atoms with van der Waals surface area (Å²) in [4.78, 5) is 0. The predicted molar refractivity (Wildman–Crippen MR) is 58.7 cm³/mol. The summed E-state index contributed by atoms with van der Waals surface area (Å²) in [5.41, 5.74) is 0. The number of aliphatic hydroxyl groups is 1. The minimum atomic E-state index is -0.675. The number of alkyl halides is 1. The first-order chi connectivity index (χ1) is 6.63. The molecule has 0 spiro atoms. The molecule has 0 saturated heterocycles. The van der Waals surface area contributed by atoms with Crippen LogP contribution in [0.1, 0.15) is 0 Å². The van der Waals surface area contributed by atoms with Gasteiger partial charge >= 0.3 is 0 Å². The summed E-state index contributed by atoms with van der Waals surface area (Å²) in [6.45, 7) is 0.140. The Morgan fingerprint density at radius 1 is 1.29 bits per heavy atom. The molecule has 0 aliphatic carbocycles. The van der Waals surface area contributed by atoms with Gasteiger partial charge in [0, 0.05) is 6.07 Å². The second-order valence-corrected chi connectivity index (χ2v) is 3.82. The van der Waals surface area contributed by atoms with E-state index in [1.165, 1.54) is 0 Å². The van der Waals surface area contributed by atoms with Crippen molar-refractivity contribution in [1.29, 1.82) is 0 Å². The maximum Gasteiger partial charge on any atom is 0.121 e.